The Morgan fingerprint density at radius 3 is 2.65 bits per heavy atom. The minimum Gasteiger partial charge on any atom is -0.352 e. The summed E-state index contributed by atoms with van der Waals surface area (Å²) in [5.41, 5.74) is 3.66. The largest absolute Gasteiger partial charge is 0.352 e. The summed E-state index contributed by atoms with van der Waals surface area (Å²) in [7, 11) is -3.46. The van der Waals surface area contributed by atoms with Crippen LogP contribution >= 0.6 is 0 Å². The van der Waals surface area contributed by atoms with Gasteiger partial charge in [-0.15, -0.1) is 0 Å². The Kier molecular flexibility index (Phi) is 5.95. The molecule has 2 heterocycles. The number of carbonyl (C=O) groups excluding carboxylic acids is 1. The van der Waals surface area contributed by atoms with Crippen LogP contribution in [0.25, 0.3) is 5.65 Å². The first-order valence-electron chi connectivity index (χ1n) is 10.5. The van der Waals surface area contributed by atoms with Gasteiger partial charge in [-0.05, 0) is 56.7 Å². The normalized spacial score (nSPS) is 19.3. The number of anilines is 1. The number of amides is 1. The smallest absolute Gasteiger partial charge is 0.253 e. The molecule has 1 amide bonds. The van der Waals surface area contributed by atoms with Gasteiger partial charge in [0.2, 0.25) is 10.0 Å². The minimum absolute atomic E-state index is 0.267. The molecule has 8 nitrogen and oxygen atoms in total. The maximum Gasteiger partial charge on any atom is 0.253 e. The van der Waals surface area contributed by atoms with E-state index in [1.807, 2.05) is 23.7 Å². The molecule has 1 aromatic carbocycles. The number of nitrogens with one attached hydrogen (secondary N) is 2. The van der Waals surface area contributed by atoms with Crippen molar-refractivity contribution in [3.8, 4) is 0 Å². The highest BCUT2D eigenvalue weighted by Gasteiger charge is 2.25. The highest BCUT2D eigenvalue weighted by Crippen LogP contribution is 2.35. The molecule has 1 aliphatic rings. The first kappa shape index (κ1) is 21.3. The summed E-state index contributed by atoms with van der Waals surface area (Å²) in [6.07, 6.45) is 7.01. The van der Waals surface area contributed by atoms with Crippen LogP contribution in [0.4, 0.5) is 5.69 Å². The van der Waals surface area contributed by atoms with E-state index < -0.39 is 10.0 Å². The molecule has 0 saturated heterocycles. The van der Waals surface area contributed by atoms with Crippen LogP contribution in [0, 0.1) is 12.8 Å². The van der Waals surface area contributed by atoms with Crippen molar-refractivity contribution in [2.45, 2.75) is 38.5 Å². The summed E-state index contributed by atoms with van der Waals surface area (Å²) in [6, 6.07) is 10.7. The van der Waals surface area contributed by atoms with Crippen LogP contribution in [-0.4, -0.2) is 41.7 Å². The second kappa shape index (κ2) is 8.66. The SMILES string of the molecule is Cc1cc2nccc(C3CCC(CNC(=O)c4ccccc4NS(C)(=O)=O)CC3)n2n1. The number of carbonyl (C=O) groups is 1. The lowest BCUT2D eigenvalue weighted by atomic mass is 9.80. The molecule has 0 radical (unpaired) electrons. The number of nitrogens with zero attached hydrogens (tertiary/aromatic N) is 3. The predicted octanol–water partition coefficient (Wildman–Crippen LogP) is 3.11. The molecular weight excluding hydrogens is 414 g/mol. The van der Waals surface area contributed by atoms with Crippen LogP contribution in [0.15, 0.2) is 42.6 Å². The van der Waals surface area contributed by atoms with Crippen LogP contribution in [0.3, 0.4) is 0 Å². The molecule has 0 aliphatic heterocycles. The van der Waals surface area contributed by atoms with Crippen LogP contribution < -0.4 is 10.0 Å². The Balaban J connectivity index is 1.35. The molecule has 0 spiro atoms. The topological polar surface area (TPSA) is 105 Å². The van der Waals surface area contributed by atoms with Crippen LogP contribution in [-0.2, 0) is 10.0 Å². The molecule has 2 aromatic heterocycles. The van der Waals surface area contributed by atoms with E-state index in [0.717, 1.165) is 43.3 Å². The molecule has 0 atom stereocenters. The number of rotatable bonds is 6. The third kappa shape index (κ3) is 5.04. The first-order valence-corrected chi connectivity index (χ1v) is 12.4. The van der Waals surface area contributed by atoms with E-state index in [9.17, 15) is 13.2 Å². The Morgan fingerprint density at radius 2 is 1.90 bits per heavy atom. The molecule has 0 bridgehead atoms. The molecule has 1 saturated carbocycles. The van der Waals surface area contributed by atoms with Gasteiger partial charge in [0.1, 0.15) is 0 Å². The zero-order valence-corrected chi connectivity index (χ0v) is 18.5. The number of aryl methyl sites for hydroxylation is 1. The van der Waals surface area contributed by atoms with Gasteiger partial charge in [0.05, 0.1) is 23.2 Å². The Hall–Kier alpha value is -2.94. The van der Waals surface area contributed by atoms with E-state index in [-0.39, 0.29) is 5.91 Å². The fourth-order valence-corrected chi connectivity index (χ4v) is 4.88. The number of hydrogen-bond acceptors (Lipinski definition) is 5. The maximum absolute atomic E-state index is 12.7. The molecule has 9 heteroatoms. The molecule has 1 aliphatic carbocycles. The van der Waals surface area contributed by atoms with Gasteiger partial charge >= 0.3 is 0 Å². The summed E-state index contributed by atoms with van der Waals surface area (Å²) < 4.78 is 27.5. The zero-order chi connectivity index (χ0) is 22.0. The summed E-state index contributed by atoms with van der Waals surface area (Å²) in [5.74, 6) is 0.556. The Morgan fingerprint density at radius 1 is 1.16 bits per heavy atom. The van der Waals surface area contributed by atoms with Gasteiger partial charge in [-0.1, -0.05) is 12.1 Å². The second-order valence-electron chi connectivity index (χ2n) is 8.27. The van der Waals surface area contributed by atoms with Gasteiger partial charge in [0.25, 0.3) is 5.91 Å². The van der Waals surface area contributed by atoms with E-state index in [4.69, 9.17) is 0 Å². The Labute approximate surface area is 182 Å². The molecule has 1 fully saturated rings. The number of sulfonamides is 1. The van der Waals surface area contributed by atoms with Crippen LogP contribution in [0.1, 0.15) is 53.3 Å². The van der Waals surface area contributed by atoms with Crippen LogP contribution in [0.2, 0.25) is 0 Å². The average molecular weight is 442 g/mol. The van der Waals surface area contributed by atoms with E-state index in [1.54, 1.807) is 24.3 Å². The van der Waals surface area contributed by atoms with Gasteiger partial charge in [-0.25, -0.2) is 17.9 Å². The lowest BCUT2D eigenvalue weighted by molar-refractivity contribution is 0.0943. The number of fused-ring (bicyclic) bond motifs is 1. The maximum atomic E-state index is 12.7. The standard InChI is InChI=1S/C22H27N5O3S/c1-15-13-21-23-12-11-20(27(21)25-15)17-9-7-16(8-10-17)14-24-22(28)18-5-3-4-6-19(18)26-31(2,29)30/h3-6,11-13,16-17,26H,7-10,14H2,1-2H3,(H,24,28). The fraction of sp³-hybridized carbons (Fsp3) is 0.409. The molecule has 0 unspecified atom stereocenters. The summed E-state index contributed by atoms with van der Waals surface area (Å²) in [4.78, 5) is 17.1. The van der Waals surface area contributed by atoms with E-state index in [2.05, 4.69) is 26.2 Å². The number of hydrogen-bond donors (Lipinski definition) is 2. The summed E-state index contributed by atoms with van der Waals surface area (Å²) in [6.45, 7) is 2.55. The van der Waals surface area contributed by atoms with Crippen molar-refractivity contribution in [1.29, 1.82) is 0 Å². The van der Waals surface area contributed by atoms with Gasteiger partial charge in [0.15, 0.2) is 5.65 Å². The van der Waals surface area contributed by atoms with Crippen molar-refractivity contribution in [3.05, 3.63) is 59.5 Å². The second-order valence-corrected chi connectivity index (χ2v) is 10.0. The lowest BCUT2D eigenvalue weighted by Gasteiger charge is -2.29. The van der Waals surface area contributed by atoms with Crippen molar-refractivity contribution in [2.24, 2.45) is 5.92 Å². The first-order chi connectivity index (χ1) is 14.8. The third-order valence-electron chi connectivity index (χ3n) is 5.79. The van der Waals surface area contributed by atoms with Gasteiger partial charge in [-0.2, -0.15) is 5.10 Å². The number of para-hydroxylation sites is 1. The molecule has 31 heavy (non-hydrogen) atoms. The fourth-order valence-electron chi connectivity index (χ4n) is 4.30. The van der Waals surface area contributed by atoms with E-state index in [1.165, 1.54) is 5.69 Å². The van der Waals surface area contributed by atoms with Crippen molar-refractivity contribution in [3.63, 3.8) is 0 Å². The monoisotopic (exact) mass is 441 g/mol. The van der Waals surface area contributed by atoms with Gasteiger partial charge < -0.3 is 5.32 Å². The van der Waals surface area contributed by atoms with Crippen molar-refractivity contribution < 1.29 is 13.2 Å². The summed E-state index contributed by atoms with van der Waals surface area (Å²) in [5, 5.41) is 7.56. The van der Waals surface area contributed by atoms with Gasteiger partial charge in [0, 0.05) is 30.4 Å². The molecule has 2 N–H and O–H groups in total. The summed E-state index contributed by atoms with van der Waals surface area (Å²) >= 11 is 0. The third-order valence-corrected chi connectivity index (χ3v) is 6.38. The highest BCUT2D eigenvalue weighted by atomic mass is 32.2. The van der Waals surface area contributed by atoms with Crippen molar-refractivity contribution in [2.75, 3.05) is 17.5 Å². The van der Waals surface area contributed by atoms with Crippen molar-refractivity contribution in [1.82, 2.24) is 19.9 Å². The van der Waals surface area contributed by atoms with E-state index >= 15 is 0 Å². The molecule has 164 valence electrons. The van der Waals surface area contributed by atoms with Gasteiger partial charge in [-0.3, -0.25) is 9.52 Å². The number of benzene rings is 1. The quantitative estimate of drug-likeness (QED) is 0.611. The number of aromatic nitrogens is 3. The highest BCUT2D eigenvalue weighted by molar-refractivity contribution is 7.92. The molecular formula is C22H27N5O3S. The average Bonchev–Trinajstić information content (AvgIpc) is 3.12. The Bertz CT molecular complexity index is 1200. The van der Waals surface area contributed by atoms with E-state index in [0.29, 0.717) is 29.6 Å². The minimum atomic E-state index is -3.46. The van der Waals surface area contributed by atoms with Crippen molar-refractivity contribution >= 4 is 27.3 Å². The van der Waals surface area contributed by atoms with Crippen LogP contribution in [0.5, 0.6) is 0 Å². The molecule has 3 aromatic rings. The molecule has 4 rings (SSSR count). The predicted molar refractivity (Wildman–Crippen MR) is 120 cm³/mol. The lowest BCUT2D eigenvalue weighted by Crippen LogP contribution is -2.32. The zero-order valence-electron chi connectivity index (χ0n) is 17.7.